The van der Waals surface area contributed by atoms with Crippen molar-refractivity contribution < 1.29 is 9.47 Å². The Labute approximate surface area is 123 Å². The van der Waals surface area contributed by atoms with Crippen molar-refractivity contribution in [2.24, 2.45) is 5.92 Å². The minimum atomic E-state index is 0.698. The van der Waals surface area contributed by atoms with Gasteiger partial charge in [-0.1, -0.05) is 38.1 Å². The molecular weight excluding hydrogens is 250 g/mol. The summed E-state index contributed by atoms with van der Waals surface area (Å²) in [5, 5.41) is 3.49. The second-order valence-electron chi connectivity index (χ2n) is 5.52. The highest BCUT2D eigenvalue weighted by atomic mass is 16.5. The molecule has 0 saturated heterocycles. The molecule has 0 amide bonds. The summed E-state index contributed by atoms with van der Waals surface area (Å²) in [6, 6.07) is 8.55. The molecule has 0 heterocycles. The number of hydrogen-bond donors (Lipinski definition) is 1. The fraction of sp³-hybridized carbons (Fsp3) is 0.647. The zero-order chi connectivity index (χ0) is 14.6. The number of rotatable bonds is 11. The van der Waals surface area contributed by atoms with Gasteiger partial charge in [-0.15, -0.1) is 0 Å². The third-order valence-corrected chi connectivity index (χ3v) is 3.14. The Bertz CT molecular complexity index is 353. The lowest BCUT2D eigenvalue weighted by atomic mass is 10.1. The Kier molecular flexibility index (Phi) is 9.29. The number of benzene rings is 1. The molecule has 1 rings (SSSR count). The number of nitrogens with one attached hydrogen (secondary N) is 1. The molecule has 1 N–H and O–H groups in total. The maximum absolute atomic E-state index is 5.71. The highest BCUT2D eigenvalue weighted by molar-refractivity contribution is 5.26. The number of hydrogen-bond acceptors (Lipinski definition) is 3. The van der Waals surface area contributed by atoms with Gasteiger partial charge < -0.3 is 14.8 Å². The molecule has 0 aromatic heterocycles. The fourth-order valence-corrected chi connectivity index (χ4v) is 2.04. The minimum Gasteiger partial charge on any atom is -0.385 e. The molecule has 1 aromatic rings. The van der Waals surface area contributed by atoms with Crippen LogP contribution in [0.2, 0.25) is 0 Å². The zero-order valence-corrected chi connectivity index (χ0v) is 13.2. The third-order valence-electron chi connectivity index (χ3n) is 3.14. The van der Waals surface area contributed by atoms with Gasteiger partial charge >= 0.3 is 0 Å². The van der Waals surface area contributed by atoms with Crippen molar-refractivity contribution in [3.05, 3.63) is 35.4 Å². The molecule has 20 heavy (non-hydrogen) atoms. The molecular formula is C17H29NO2. The van der Waals surface area contributed by atoms with E-state index in [9.17, 15) is 0 Å². The average molecular weight is 279 g/mol. The van der Waals surface area contributed by atoms with Crippen LogP contribution in [0.1, 0.15) is 31.4 Å². The predicted molar refractivity (Wildman–Crippen MR) is 84.0 cm³/mol. The maximum atomic E-state index is 5.71. The SMILES string of the molecule is COCCCOCc1ccccc1CCNCC(C)C. The highest BCUT2D eigenvalue weighted by Crippen LogP contribution is 2.11. The molecule has 3 nitrogen and oxygen atoms in total. The normalized spacial score (nSPS) is 11.2. The lowest BCUT2D eigenvalue weighted by molar-refractivity contribution is 0.0925. The van der Waals surface area contributed by atoms with Crippen molar-refractivity contribution >= 4 is 0 Å². The zero-order valence-electron chi connectivity index (χ0n) is 13.2. The molecule has 0 saturated carbocycles. The van der Waals surface area contributed by atoms with Crippen LogP contribution in [0.25, 0.3) is 0 Å². The van der Waals surface area contributed by atoms with E-state index >= 15 is 0 Å². The van der Waals surface area contributed by atoms with Crippen LogP contribution in [0.5, 0.6) is 0 Å². The first-order chi connectivity index (χ1) is 9.74. The first-order valence-corrected chi connectivity index (χ1v) is 7.58. The van der Waals surface area contributed by atoms with Gasteiger partial charge in [-0.2, -0.15) is 0 Å². The molecule has 0 aliphatic carbocycles. The standard InChI is InChI=1S/C17H29NO2/c1-15(2)13-18-10-9-16-7-4-5-8-17(16)14-20-12-6-11-19-3/h4-5,7-8,15,18H,6,9-14H2,1-3H3. The van der Waals surface area contributed by atoms with Gasteiger partial charge in [0.15, 0.2) is 0 Å². The molecule has 114 valence electrons. The van der Waals surface area contributed by atoms with E-state index in [-0.39, 0.29) is 0 Å². The second kappa shape index (κ2) is 10.8. The Morgan fingerprint density at radius 3 is 2.55 bits per heavy atom. The summed E-state index contributed by atoms with van der Waals surface area (Å²) < 4.78 is 10.7. The Balaban J connectivity index is 2.31. The van der Waals surface area contributed by atoms with Gasteiger partial charge in [0.1, 0.15) is 0 Å². The van der Waals surface area contributed by atoms with E-state index in [2.05, 4.69) is 43.4 Å². The summed E-state index contributed by atoms with van der Waals surface area (Å²) in [7, 11) is 1.72. The van der Waals surface area contributed by atoms with Crippen LogP contribution in [0, 0.1) is 5.92 Å². The number of ether oxygens (including phenoxy) is 2. The van der Waals surface area contributed by atoms with Crippen LogP contribution in [-0.4, -0.2) is 33.4 Å². The van der Waals surface area contributed by atoms with E-state index in [1.54, 1.807) is 7.11 Å². The molecule has 0 fully saturated rings. The minimum absolute atomic E-state index is 0.698. The number of methoxy groups -OCH3 is 1. The summed E-state index contributed by atoms with van der Waals surface area (Å²) in [4.78, 5) is 0. The molecule has 0 atom stereocenters. The van der Waals surface area contributed by atoms with Gasteiger partial charge in [0, 0.05) is 20.3 Å². The molecule has 0 radical (unpaired) electrons. The van der Waals surface area contributed by atoms with Gasteiger partial charge in [-0.25, -0.2) is 0 Å². The molecule has 0 aliphatic heterocycles. The average Bonchev–Trinajstić information content (AvgIpc) is 2.44. The summed E-state index contributed by atoms with van der Waals surface area (Å²) >= 11 is 0. The Hall–Kier alpha value is -0.900. The van der Waals surface area contributed by atoms with Crippen molar-refractivity contribution in [2.45, 2.75) is 33.3 Å². The lowest BCUT2D eigenvalue weighted by Gasteiger charge is -2.11. The Morgan fingerprint density at radius 2 is 1.85 bits per heavy atom. The quantitative estimate of drug-likeness (QED) is 0.632. The van der Waals surface area contributed by atoms with E-state index < -0.39 is 0 Å². The summed E-state index contributed by atoms with van der Waals surface area (Å²) in [5.74, 6) is 0.703. The fourth-order valence-electron chi connectivity index (χ4n) is 2.04. The van der Waals surface area contributed by atoms with Crippen molar-refractivity contribution in [3.63, 3.8) is 0 Å². The van der Waals surface area contributed by atoms with Crippen LogP contribution in [-0.2, 0) is 22.5 Å². The Morgan fingerprint density at radius 1 is 1.10 bits per heavy atom. The third kappa shape index (κ3) is 7.63. The van der Waals surface area contributed by atoms with E-state index in [1.807, 2.05) is 0 Å². The van der Waals surface area contributed by atoms with Gasteiger partial charge in [-0.05, 0) is 43.0 Å². The second-order valence-corrected chi connectivity index (χ2v) is 5.52. The van der Waals surface area contributed by atoms with E-state index in [0.29, 0.717) is 12.5 Å². The van der Waals surface area contributed by atoms with Crippen LogP contribution in [0.3, 0.4) is 0 Å². The smallest absolute Gasteiger partial charge is 0.0719 e. The monoisotopic (exact) mass is 279 g/mol. The first kappa shape index (κ1) is 17.2. The summed E-state index contributed by atoms with van der Waals surface area (Å²) in [5.41, 5.74) is 2.69. The molecule has 3 heteroatoms. The van der Waals surface area contributed by atoms with E-state index in [0.717, 1.165) is 39.1 Å². The first-order valence-electron chi connectivity index (χ1n) is 7.58. The van der Waals surface area contributed by atoms with Crippen molar-refractivity contribution in [1.29, 1.82) is 0 Å². The van der Waals surface area contributed by atoms with Crippen molar-refractivity contribution in [2.75, 3.05) is 33.4 Å². The van der Waals surface area contributed by atoms with Gasteiger partial charge in [0.2, 0.25) is 0 Å². The van der Waals surface area contributed by atoms with Gasteiger partial charge in [-0.3, -0.25) is 0 Å². The maximum Gasteiger partial charge on any atom is 0.0719 e. The van der Waals surface area contributed by atoms with Crippen molar-refractivity contribution in [3.8, 4) is 0 Å². The van der Waals surface area contributed by atoms with Crippen LogP contribution in [0.15, 0.2) is 24.3 Å². The largest absolute Gasteiger partial charge is 0.385 e. The highest BCUT2D eigenvalue weighted by Gasteiger charge is 2.02. The van der Waals surface area contributed by atoms with Crippen LogP contribution < -0.4 is 5.32 Å². The molecule has 0 aliphatic rings. The van der Waals surface area contributed by atoms with Crippen LogP contribution >= 0.6 is 0 Å². The van der Waals surface area contributed by atoms with Crippen LogP contribution in [0.4, 0.5) is 0 Å². The van der Waals surface area contributed by atoms with E-state index in [4.69, 9.17) is 9.47 Å². The van der Waals surface area contributed by atoms with Gasteiger partial charge in [0.25, 0.3) is 0 Å². The topological polar surface area (TPSA) is 30.5 Å². The molecule has 0 spiro atoms. The predicted octanol–water partition coefficient (Wildman–Crippen LogP) is 3.03. The van der Waals surface area contributed by atoms with Crippen molar-refractivity contribution in [1.82, 2.24) is 5.32 Å². The molecule has 0 unspecified atom stereocenters. The van der Waals surface area contributed by atoms with Gasteiger partial charge in [0.05, 0.1) is 6.61 Å². The van der Waals surface area contributed by atoms with E-state index in [1.165, 1.54) is 11.1 Å². The molecule has 0 bridgehead atoms. The summed E-state index contributed by atoms with van der Waals surface area (Å²) in [6.45, 7) is 8.79. The lowest BCUT2D eigenvalue weighted by Crippen LogP contribution is -2.22. The molecule has 1 aromatic carbocycles. The summed E-state index contributed by atoms with van der Waals surface area (Å²) in [6.07, 6.45) is 2.01.